The summed E-state index contributed by atoms with van der Waals surface area (Å²) in [4.78, 5) is 36.8. The summed E-state index contributed by atoms with van der Waals surface area (Å²) in [5.74, 6) is -1.17. The van der Waals surface area contributed by atoms with Gasteiger partial charge in [-0.15, -0.1) is 0 Å². The molecule has 0 aliphatic carbocycles. The lowest BCUT2D eigenvalue weighted by molar-refractivity contribution is -0.384. The van der Waals surface area contributed by atoms with E-state index in [1.165, 1.54) is 33.1 Å². The van der Waals surface area contributed by atoms with E-state index in [0.717, 1.165) is 25.9 Å². The molecule has 8 nitrogen and oxygen atoms in total. The number of benzene rings is 1. The summed E-state index contributed by atoms with van der Waals surface area (Å²) < 4.78 is 4.63. The fourth-order valence-corrected chi connectivity index (χ4v) is 2.70. The minimum atomic E-state index is -1.23. The largest absolute Gasteiger partial charge is 0.467 e. The molecule has 1 aliphatic rings. The fourth-order valence-electron chi connectivity index (χ4n) is 2.70. The van der Waals surface area contributed by atoms with E-state index in [9.17, 15) is 19.7 Å². The number of rotatable bonds is 5. The van der Waals surface area contributed by atoms with Gasteiger partial charge >= 0.3 is 5.97 Å². The van der Waals surface area contributed by atoms with Crippen molar-refractivity contribution >= 4 is 23.3 Å². The van der Waals surface area contributed by atoms with E-state index in [1.807, 2.05) is 4.90 Å². The number of methoxy groups -OCH3 is 1. The van der Waals surface area contributed by atoms with Crippen molar-refractivity contribution in [1.82, 2.24) is 5.32 Å². The van der Waals surface area contributed by atoms with Gasteiger partial charge in [0.1, 0.15) is 11.2 Å². The van der Waals surface area contributed by atoms with Gasteiger partial charge in [-0.1, -0.05) is 0 Å². The molecule has 1 amide bonds. The van der Waals surface area contributed by atoms with Crippen LogP contribution >= 0.6 is 0 Å². The maximum Gasteiger partial charge on any atom is 0.330 e. The first-order valence-corrected chi connectivity index (χ1v) is 7.70. The molecule has 0 aromatic heterocycles. The number of nitro groups is 1. The van der Waals surface area contributed by atoms with Crippen molar-refractivity contribution in [3.8, 4) is 0 Å². The van der Waals surface area contributed by atoms with Crippen molar-refractivity contribution in [3.05, 3.63) is 33.9 Å². The molecule has 2 rings (SSSR count). The zero-order valence-corrected chi connectivity index (χ0v) is 14.0. The highest BCUT2D eigenvalue weighted by Gasteiger charge is 2.32. The molecule has 0 radical (unpaired) electrons. The first-order chi connectivity index (χ1) is 11.3. The second-order valence-corrected chi connectivity index (χ2v) is 6.23. The molecule has 1 saturated heterocycles. The number of nitrogens with one attached hydrogen (secondary N) is 1. The second-order valence-electron chi connectivity index (χ2n) is 6.23. The Morgan fingerprint density at radius 3 is 2.46 bits per heavy atom. The number of hydrogen-bond donors (Lipinski definition) is 1. The third-order valence-electron chi connectivity index (χ3n) is 4.00. The minimum Gasteiger partial charge on any atom is -0.467 e. The number of amides is 1. The van der Waals surface area contributed by atoms with Crippen LogP contribution in [0.25, 0.3) is 0 Å². The summed E-state index contributed by atoms with van der Waals surface area (Å²) in [6, 6.07) is 4.36. The summed E-state index contributed by atoms with van der Waals surface area (Å²) >= 11 is 0. The number of carbonyl (C=O) groups excluding carboxylic acids is 2. The number of anilines is 1. The smallest absolute Gasteiger partial charge is 0.330 e. The van der Waals surface area contributed by atoms with Crippen LogP contribution < -0.4 is 10.2 Å². The lowest BCUT2D eigenvalue weighted by Crippen LogP contribution is -2.50. The lowest BCUT2D eigenvalue weighted by Gasteiger charge is -2.23. The number of esters is 1. The first-order valence-electron chi connectivity index (χ1n) is 7.70. The van der Waals surface area contributed by atoms with Crippen molar-refractivity contribution < 1.29 is 19.2 Å². The van der Waals surface area contributed by atoms with Crippen molar-refractivity contribution in [2.45, 2.75) is 32.2 Å². The van der Waals surface area contributed by atoms with Gasteiger partial charge in [0.05, 0.1) is 12.0 Å². The Bertz CT molecular complexity index is 666. The van der Waals surface area contributed by atoms with Crippen LogP contribution in [-0.4, -0.2) is 42.5 Å². The molecule has 130 valence electrons. The maximum atomic E-state index is 12.3. The zero-order chi connectivity index (χ0) is 17.9. The van der Waals surface area contributed by atoms with Crippen molar-refractivity contribution in [2.24, 2.45) is 0 Å². The van der Waals surface area contributed by atoms with Gasteiger partial charge in [-0.05, 0) is 38.8 Å². The minimum absolute atomic E-state index is 0.111. The molecule has 1 fully saturated rings. The van der Waals surface area contributed by atoms with Gasteiger partial charge in [0.2, 0.25) is 0 Å². The Balaban J connectivity index is 2.28. The van der Waals surface area contributed by atoms with Crippen LogP contribution in [0, 0.1) is 10.1 Å². The van der Waals surface area contributed by atoms with Crippen LogP contribution in [0.3, 0.4) is 0 Å². The summed E-state index contributed by atoms with van der Waals surface area (Å²) in [5.41, 5.74) is -0.697. The average molecular weight is 335 g/mol. The molecule has 0 saturated carbocycles. The average Bonchev–Trinajstić information content (AvgIpc) is 3.07. The number of nitro benzene ring substituents is 1. The van der Waals surface area contributed by atoms with Gasteiger partial charge in [0.15, 0.2) is 0 Å². The summed E-state index contributed by atoms with van der Waals surface area (Å²) in [6.45, 7) is 4.54. The summed E-state index contributed by atoms with van der Waals surface area (Å²) in [5, 5.41) is 13.9. The molecular formula is C16H21N3O5. The van der Waals surface area contributed by atoms with Gasteiger partial charge in [0, 0.05) is 24.7 Å². The molecule has 8 heteroatoms. The number of nitrogens with zero attached hydrogens (tertiary/aromatic N) is 2. The monoisotopic (exact) mass is 335 g/mol. The van der Waals surface area contributed by atoms with Crippen molar-refractivity contribution in [1.29, 1.82) is 0 Å². The van der Waals surface area contributed by atoms with Gasteiger partial charge in [-0.25, -0.2) is 4.79 Å². The van der Waals surface area contributed by atoms with Crippen LogP contribution in [0.15, 0.2) is 18.2 Å². The summed E-state index contributed by atoms with van der Waals surface area (Å²) in [6.07, 6.45) is 1.99. The van der Waals surface area contributed by atoms with Crippen molar-refractivity contribution in [2.75, 3.05) is 25.1 Å². The topological polar surface area (TPSA) is 102 Å². The Labute approximate surface area is 139 Å². The molecular weight excluding hydrogens is 314 g/mol. The van der Waals surface area contributed by atoms with Gasteiger partial charge in [0.25, 0.3) is 11.6 Å². The van der Waals surface area contributed by atoms with E-state index < -0.39 is 22.3 Å². The second kappa shape index (κ2) is 6.86. The first kappa shape index (κ1) is 17.7. The third kappa shape index (κ3) is 3.64. The highest BCUT2D eigenvalue weighted by atomic mass is 16.6. The van der Waals surface area contributed by atoms with E-state index in [0.29, 0.717) is 5.69 Å². The lowest BCUT2D eigenvalue weighted by atomic mass is 10.0. The number of hydrogen-bond acceptors (Lipinski definition) is 6. The molecule has 0 atom stereocenters. The maximum absolute atomic E-state index is 12.3. The predicted molar refractivity (Wildman–Crippen MR) is 88.1 cm³/mol. The van der Waals surface area contributed by atoms with Gasteiger partial charge in [-0.3, -0.25) is 14.9 Å². The van der Waals surface area contributed by atoms with Crippen LogP contribution in [-0.2, 0) is 9.53 Å². The molecule has 0 unspecified atom stereocenters. The normalized spacial score (nSPS) is 14.4. The zero-order valence-electron chi connectivity index (χ0n) is 14.0. The Hall–Kier alpha value is -2.64. The molecule has 1 aromatic carbocycles. The molecule has 24 heavy (non-hydrogen) atoms. The molecule has 0 spiro atoms. The molecule has 1 aliphatic heterocycles. The highest BCUT2D eigenvalue weighted by Crippen LogP contribution is 2.31. The Morgan fingerprint density at radius 2 is 1.92 bits per heavy atom. The van der Waals surface area contributed by atoms with Gasteiger partial charge in [-0.2, -0.15) is 0 Å². The van der Waals surface area contributed by atoms with E-state index >= 15 is 0 Å². The van der Waals surface area contributed by atoms with E-state index in [2.05, 4.69) is 10.1 Å². The quantitative estimate of drug-likeness (QED) is 0.501. The van der Waals surface area contributed by atoms with Crippen molar-refractivity contribution in [3.63, 3.8) is 0 Å². The van der Waals surface area contributed by atoms with Gasteiger partial charge < -0.3 is 15.0 Å². The molecule has 0 bridgehead atoms. The van der Waals surface area contributed by atoms with Crippen LogP contribution in [0.5, 0.6) is 0 Å². The highest BCUT2D eigenvalue weighted by molar-refractivity contribution is 5.99. The number of carbonyl (C=O) groups is 2. The van der Waals surface area contributed by atoms with Crippen LogP contribution in [0.4, 0.5) is 11.4 Å². The Morgan fingerprint density at radius 1 is 1.29 bits per heavy atom. The molecule has 1 heterocycles. The van der Waals surface area contributed by atoms with E-state index in [4.69, 9.17) is 0 Å². The Kier molecular flexibility index (Phi) is 5.06. The standard InChI is InChI=1S/C16H21N3O5/c1-16(2,15(21)24-3)17-14(20)11-6-7-12(13(10-11)19(22)23)18-8-4-5-9-18/h6-7,10H,4-5,8-9H2,1-3H3,(H,17,20). The number of ether oxygens (including phenoxy) is 1. The van der Waals surface area contributed by atoms with E-state index in [1.54, 1.807) is 6.07 Å². The van der Waals surface area contributed by atoms with Crippen LogP contribution in [0.1, 0.15) is 37.0 Å². The van der Waals surface area contributed by atoms with Crippen LogP contribution in [0.2, 0.25) is 0 Å². The predicted octanol–water partition coefficient (Wildman–Crippen LogP) is 1.88. The molecule has 1 aromatic rings. The molecule has 1 N–H and O–H groups in total. The SMILES string of the molecule is COC(=O)C(C)(C)NC(=O)c1ccc(N2CCCC2)c([N+](=O)[O-])c1. The third-order valence-corrected chi connectivity index (χ3v) is 4.00. The fraction of sp³-hybridized carbons (Fsp3) is 0.500. The summed E-state index contributed by atoms with van der Waals surface area (Å²) in [7, 11) is 1.23. The van der Waals surface area contributed by atoms with E-state index in [-0.39, 0.29) is 11.3 Å².